The van der Waals surface area contributed by atoms with Crippen LogP contribution < -0.4 is 4.72 Å². The monoisotopic (exact) mass is 287 g/mol. The summed E-state index contributed by atoms with van der Waals surface area (Å²) >= 11 is 0. The lowest BCUT2D eigenvalue weighted by Gasteiger charge is -2.19. The molecule has 1 fully saturated rings. The highest BCUT2D eigenvalue weighted by Gasteiger charge is 2.47. The molecular weight excluding hydrogens is 271 g/mol. The molecule has 0 unspecified atom stereocenters. The van der Waals surface area contributed by atoms with E-state index in [2.05, 4.69) is 0 Å². The first-order chi connectivity index (χ1) is 8.24. The van der Waals surface area contributed by atoms with E-state index in [1.807, 2.05) is 0 Å². The molecule has 0 aromatic carbocycles. The number of carbonyl (C=O) groups excluding carboxylic acids is 1. The lowest BCUT2D eigenvalue weighted by molar-refractivity contribution is -0.124. The maximum atomic E-state index is 12.1. The van der Waals surface area contributed by atoms with Gasteiger partial charge >= 0.3 is 15.5 Å². The summed E-state index contributed by atoms with van der Waals surface area (Å²) in [4.78, 5) is 11.5. The molecule has 1 rings (SSSR count). The maximum Gasteiger partial charge on any atom is 0.516 e. The quantitative estimate of drug-likeness (QED) is 0.847. The van der Waals surface area contributed by atoms with Crippen LogP contribution in [0.1, 0.15) is 44.9 Å². The zero-order valence-corrected chi connectivity index (χ0v) is 10.6. The van der Waals surface area contributed by atoms with Crippen LogP contribution in [-0.4, -0.2) is 19.8 Å². The topological polar surface area (TPSA) is 63.2 Å². The molecule has 4 nitrogen and oxygen atoms in total. The van der Waals surface area contributed by atoms with Crippen LogP contribution in [0.15, 0.2) is 0 Å². The normalized spacial score (nSPS) is 19.9. The Balaban J connectivity index is 2.64. The van der Waals surface area contributed by atoms with Crippen LogP contribution >= 0.6 is 0 Å². The molecule has 1 saturated carbocycles. The Hall–Kier alpha value is -0.790. The molecule has 0 bridgehead atoms. The number of halogens is 3. The fourth-order valence-corrected chi connectivity index (χ4v) is 2.54. The number of hydrogen-bond donors (Lipinski definition) is 1. The number of alkyl halides is 3. The van der Waals surface area contributed by atoms with E-state index in [-0.39, 0.29) is 0 Å². The Kier molecular flexibility index (Phi) is 5.01. The molecule has 0 heterocycles. The standard InChI is InChI=1S/C10H16F3NO3S/c11-10(12,13)18(16,17)14-9(15)8-6-4-2-1-3-5-7-8/h8H,1-7H2,(H,14,15). The highest BCUT2D eigenvalue weighted by Crippen LogP contribution is 2.25. The van der Waals surface area contributed by atoms with Gasteiger partial charge in [-0.2, -0.15) is 21.6 Å². The molecule has 0 atom stereocenters. The Morgan fingerprint density at radius 1 is 1.00 bits per heavy atom. The largest absolute Gasteiger partial charge is 0.516 e. The van der Waals surface area contributed by atoms with Gasteiger partial charge in [0, 0.05) is 5.92 Å². The van der Waals surface area contributed by atoms with Gasteiger partial charge in [0.25, 0.3) is 0 Å². The van der Waals surface area contributed by atoms with Crippen molar-refractivity contribution in [3.8, 4) is 0 Å². The first kappa shape index (κ1) is 15.3. The van der Waals surface area contributed by atoms with Crippen LogP contribution in [0.4, 0.5) is 13.2 Å². The molecule has 1 N–H and O–H groups in total. The molecule has 1 amide bonds. The maximum absolute atomic E-state index is 12.1. The molecule has 0 aliphatic heterocycles. The Labute approximate surface area is 104 Å². The van der Waals surface area contributed by atoms with Crippen molar-refractivity contribution in [2.75, 3.05) is 0 Å². The first-order valence-electron chi connectivity index (χ1n) is 5.87. The van der Waals surface area contributed by atoms with Crippen LogP contribution in [0, 0.1) is 5.92 Å². The fourth-order valence-electron chi connectivity index (χ4n) is 1.99. The van der Waals surface area contributed by atoms with Gasteiger partial charge in [0.05, 0.1) is 0 Å². The summed E-state index contributed by atoms with van der Waals surface area (Å²) in [6.45, 7) is 0. The summed E-state index contributed by atoms with van der Waals surface area (Å²) in [6.07, 6.45) is 5.27. The number of rotatable bonds is 2. The summed E-state index contributed by atoms with van der Waals surface area (Å²) < 4.78 is 59.0. The van der Waals surface area contributed by atoms with Gasteiger partial charge in [-0.3, -0.25) is 4.79 Å². The van der Waals surface area contributed by atoms with Crippen LogP contribution in [0.3, 0.4) is 0 Å². The molecule has 8 heteroatoms. The predicted molar refractivity (Wildman–Crippen MR) is 58.9 cm³/mol. The lowest BCUT2D eigenvalue weighted by Crippen LogP contribution is -2.43. The van der Waals surface area contributed by atoms with Gasteiger partial charge in [-0.1, -0.05) is 32.1 Å². The minimum absolute atomic E-state index is 0.444. The second-order valence-corrected chi connectivity index (χ2v) is 6.13. The van der Waals surface area contributed by atoms with E-state index in [1.165, 1.54) is 0 Å². The van der Waals surface area contributed by atoms with E-state index >= 15 is 0 Å². The minimum atomic E-state index is -5.57. The molecule has 1 aliphatic carbocycles. The Morgan fingerprint density at radius 2 is 1.44 bits per heavy atom. The summed E-state index contributed by atoms with van der Waals surface area (Å²) in [6, 6.07) is 0. The molecule has 1 aliphatic rings. The van der Waals surface area contributed by atoms with Crippen LogP contribution in [0.2, 0.25) is 0 Å². The van der Waals surface area contributed by atoms with Crippen molar-refractivity contribution in [3.63, 3.8) is 0 Å². The van der Waals surface area contributed by atoms with Crippen molar-refractivity contribution < 1.29 is 26.4 Å². The zero-order chi connectivity index (χ0) is 13.8. The van der Waals surface area contributed by atoms with Gasteiger partial charge in [-0.25, -0.2) is 4.72 Å². The van der Waals surface area contributed by atoms with Gasteiger partial charge in [-0.15, -0.1) is 0 Å². The van der Waals surface area contributed by atoms with Crippen LogP contribution in [0.25, 0.3) is 0 Å². The number of sulfonamides is 1. The predicted octanol–water partition coefficient (Wildman–Crippen LogP) is 2.31. The molecule has 0 radical (unpaired) electrons. The highest BCUT2D eigenvalue weighted by molar-refractivity contribution is 7.90. The van der Waals surface area contributed by atoms with Crippen molar-refractivity contribution in [2.45, 2.75) is 50.5 Å². The summed E-state index contributed by atoms with van der Waals surface area (Å²) in [5.41, 5.74) is -5.44. The third kappa shape index (κ3) is 4.15. The zero-order valence-electron chi connectivity index (χ0n) is 9.79. The van der Waals surface area contributed by atoms with E-state index in [0.29, 0.717) is 12.8 Å². The van der Waals surface area contributed by atoms with Crippen molar-refractivity contribution in [1.82, 2.24) is 4.72 Å². The van der Waals surface area contributed by atoms with Gasteiger partial charge in [0.1, 0.15) is 0 Å². The number of hydrogen-bond acceptors (Lipinski definition) is 3. The molecule has 0 aromatic heterocycles. The van der Waals surface area contributed by atoms with Crippen LogP contribution in [-0.2, 0) is 14.8 Å². The van der Waals surface area contributed by atoms with E-state index in [4.69, 9.17) is 0 Å². The lowest BCUT2D eigenvalue weighted by atomic mass is 9.91. The summed E-state index contributed by atoms with van der Waals surface area (Å²) in [7, 11) is -5.57. The summed E-state index contributed by atoms with van der Waals surface area (Å²) in [5, 5.41) is 0. The average Bonchev–Trinajstić information content (AvgIpc) is 2.13. The fraction of sp³-hybridized carbons (Fsp3) is 0.900. The average molecular weight is 287 g/mol. The Bertz CT molecular complexity index is 384. The third-order valence-corrected chi connectivity index (χ3v) is 4.09. The van der Waals surface area contributed by atoms with Gasteiger partial charge in [0.2, 0.25) is 5.91 Å². The van der Waals surface area contributed by atoms with Gasteiger partial charge in [-0.05, 0) is 12.8 Å². The van der Waals surface area contributed by atoms with Gasteiger partial charge in [0.15, 0.2) is 0 Å². The van der Waals surface area contributed by atoms with E-state index in [9.17, 15) is 26.4 Å². The first-order valence-corrected chi connectivity index (χ1v) is 7.35. The summed E-state index contributed by atoms with van der Waals surface area (Å²) in [5.74, 6) is -1.67. The molecular formula is C10H16F3NO3S. The highest BCUT2D eigenvalue weighted by atomic mass is 32.2. The number of nitrogens with one attached hydrogen (secondary N) is 1. The second-order valence-electron chi connectivity index (χ2n) is 4.46. The number of amides is 1. The third-order valence-electron chi connectivity index (χ3n) is 3.02. The number of carbonyl (C=O) groups is 1. The van der Waals surface area contributed by atoms with Gasteiger partial charge < -0.3 is 0 Å². The molecule has 0 aromatic rings. The molecule has 0 spiro atoms. The molecule has 106 valence electrons. The molecule has 0 saturated heterocycles. The molecule has 18 heavy (non-hydrogen) atoms. The van der Waals surface area contributed by atoms with E-state index in [1.54, 1.807) is 0 Å². The smallest absolute Gasteiger partial charge is 0.274 e. The van der Waals surface area contributed by atoms with Crippen molar-refractivity contribution >= 4 is 15.9 Å². The van der Waals surface area contributed by atoms with Crippen molar-refractivity contribution in [3.05, 3.63) is 0 Å². The van der Waals surface area contributed by atoms with Crippen LogP contribution in [0.5, 0.6) is 0 Å². The minimum Gasteiger partial charge on any atom is -0.274 e. The van der Waals surface area contributed by atoms with Crippen molar-refractivity contribution in [2.24, 2.45) is 5.92 Å². The second kappa shape index (κ2) is 5.90. The van der Waals surface area contributed by atoms with E-state index < -0.39 is 27.4 Å². The van der Waals surface area contributed by atoms with Crippen molar-refractivity contribution in [1.29, 1.82) is 0 Å². The van der Waals surface area contributed by atoms with E-state index in [0.717, 1.165) is 36.8 Å². The SMILES string of the molecule is O=C(NS(=O)(=O)C(F)(F)F)C1CCCCCCC1. The Morgan fingerprint density at radius 3 is 1.89 bits per heavy atom.